The Hall–Kier alpha value is -1.75. The van der Waals surface area contributed by atoms with Gasteiger partial charge in [0.1, 0.15) is 4.91 Å². The van der Waals surface area contributed by atoms with Gasteiger partial charge < -0.3 is 10.2 Å². The van der Waals surface area contributed by atoms with Crippen molar-refractivity contribution >= 4 is 23.7 Å². The smallest absolute Gasteiger partial charge is 0.342 e. The summed E-state index contributed by atoms with van der Waals surface area (Å²) >= 11 is 0.906. The summed E-state index contributed by atoms with van der Waals surface area (Å²) in [5.41, 5.74) is 0. The van der Waals surface area contributed by atoms with Crippen molar-refractivity contribution in [1.29, 1.82) is 0 Å². The van der Waals surface area contributed by atoms with Crippen molar-refractivity contribution in [3.63, 3.8) is 0 Å². The molecular formula is C10H8O4S. The van der Waals surface area contributed by atoms with Gasteiger partial charge in [0.25, 0.3) is 0 Å². The number of carboxylic acid groups (broad SMARTS) is 2. The van der Waals surface area contributed by atoms with Gasteiger partial charge in [0, 0.05) is 11.0 Å². The quantitative estimate of drug-likeness (QED) is 0.602. The highest BCUT2D eigenvalue weighted by Crippen LogP contribution is 2.26. The van der Waals surface area contributed by atoms with Crippen molar-refractivity contribution < 1.29 is 19.8 Å². The molecule has 0 aliphatic carbocycles. The van der Waals surface area contributed by atoms with Crippen LogP contribution in [0.4, 0.5) is 0 Å². The van der Waals surface area contributed by atoms with Crippen molar-refractivity contribution in [2.45, 2.75) is 4.90 Å². The van der Waals surface area contributed by atoms with Crippen LogP contribution < -0.4 is 0 Å². The number of benzene rings is 1. The van der Waals surface area contributed by atoms with Crippen LogP contribution >= 0.6 is 11.8 Å². The Labute approximate surface area is 90.2 Å². The number of rotatable bonds is 4. The van der Waals surface area contributed by atoms with Gasteiger partial charge in [-0.1, -0.05) is 30.0 Å². The molecule has 0 aromatic heterocycles. The van der Waals surface area contributed by atoms with Crippen molar-refractivity contribution in [3.8, 4) is 0 Å². The molecule has 0 heterocycles. The van der Waals surface area contributed by atoms with Gasteiger partial charge in [0.05, 0.1) is 0 Å². The fraction of sp³-hybridized carbons (Fsp3) is 0. The minimum absolute atomic E-state index is 0.214. The Kier molecular flexibility index (Phi) is 3.93. The monoisotopic (exact) mass is 224 g/mol. The lowest BCUT2D eigenvalue weighted by Crippen LogP contribution is -2.00. The number of hydrogen-bond donors (Lipinski definition) is 2. The first-order valence-corrected chi connectivity index (χ1v) is 4.82. The van der Waals surface area contributed by atoms with E-state index in [0.717, 1.165) is 11.8 Å². The summed E-state index contributed by atoms with van der Waals surface area (Å²) in [6.07, 6.45) is 0.681. The van der Waals surface area contributed by atoms with Crippen LogP contribution in [0.1, 0.15) is 0 Å². The molecule has 1 rings (SSSR count). The van der Waals surface area contributed by atoms with E-state index in [1.165, 1.54) is 0 Å². The molecule has 0 saturated heterocycles. The molecule has 0 radical (unpaired) electrons. The van der Waals surface area contributed by atoms with Crippen LogP contribution in [0.3, 0.4) is 0 Å². The zero-order valence-electron chi connectivity index (χ0n) is 7.58. The van der Waals surface area contributed by atoms with Crippen LogP contribution in [-0.2, 0) is 9.59 Å². The lowest BCUT2D eigenvalue weighted by Gasteiger charge is -2.00. The summed E-state index contributed by atoms with van der Waals surface area (Å²) < 4.78 is 0. The Balaban J connectivity index is 2.86. The summed E-state index contributed by atoms with van der Waals surface area (Å²) in [4.78, 5) is 21.5. The van der Waals surface area contributed by atoms with Crippen LogP contribution in [0.2, 0.25) is 0 Å². The molecule has 1 aromatic rings. The molecular weight excluding hydrogens is 216 g/mol. The third-order valence-electron chi connectivity index (χ3n) is 1.44. The number of carboxylic acids is 2. The van der Waals surface area contributed by atoms with Crippen LogP contribution in [-0.4, -0.2) is 22.2 Å². The number of aliphatic carboxylic acids is 2. The van der Waals surface area contributed by atoms with Gasteiger partial charge in [0.2, 0.25) is 0 Å². The SMILES string of the molecule is O=C(O)/C=C(/Sc1ccccc1)C(=O)O. The van der Waals surface area contributed by atoms with E-state index in [1.807, 2.05) is 0 Å². The molecule has 1 aromatic carbocycles. The lowest BCUT2D eigenvalue weighted by molar-refractivity contribution is -0.134. The summed E-state index contributed by atoms with van der Waals surface area (Å²) in [5, 5.41) is 17.2. The highest BCUT2D eigenvalue weighted by molar-refractivity contribution is 8.04. The van der Waals surface area contributed by atoms with Crippen LogP contribution in [0.25, 0.3) is 0 Å². The van der Waals surface area contributed by atoms with Crippen molar-refractivity contribution in [2.75, 3.05) is 0 Å². The summed E-state index contributed by atoms with van der Waals surface area (Å²) in [5.74, 6) is -2.51. The highest BCUT2D eigenvalue weighted by Gasteiger charge is 2.10. The fourth-order valence-corrected chi connectivity index (χ4v) is 1.66. The molecule has 0 aliphatic heterocycles. The molecule has 0 amide bonds. The van der Waals surface area contributed by atoms with E-state index < -0.39 is 11.9 Å². The third kappa shape index (κ3) is 3.86. The van der Waals surface area contributed by atoms with Crippen molar-refractivity contribution in [1.82, 2.24) is 0 Å². The summed E-state index contributed by atoms with van der Waals surface area (Å²) in [7, 11) is 0. The Morgan fingerprint density at radius 1 is 1.13 bits per heavy atom. The molecule has 0 saturated carbocycles. The second-order valence-electron chi connectivity index (χ2n) is 2.57. The number of carbonyl (C=O) groups is 2. The van der Waals surface area contributed by atoms with E-state index in [-0.39, 0.29) is 4.91 Å². The molecule has 0 bridgehead atoms. The lowest BCUT2D eigenvalue weighted by atomic mass is 10.4. The largest absolute Gasteiger partial charge is 0.478 e. The average Bonchev–Trinajstić information content (AvgIpc) is 2.17. The van der Waals surface area contributed by atoms with Gasteiger partial charge >= 0.3 is 11.9 Å². The zero-order chi connectivity index (χ0) is 11.3. The molecule has 15 heavy (non-hydrogen) atoms. The molecule has 5 heteroatoms. The fourth-order valence-electron chi connectivity index (χ4n) is 0.863. The van der Waals surface area contributed by atoms with Crippen molar-refractivity contribution in [3.05, 3.63) is 41.3 Å². The molecule has 2 N–H and O–H groups in total. The van der Waals surface area contributed by atoms with Crippen LogP contribution in [0.15, 0.2) is 46.2 Å². The minimum Gasteiger partial charge on any atom is -0.478 e. The Morgan fingerprint density at radius 2 is 1.73 bits per heavy atom. The van der Waals surface area contributed by atoms with E-state index in [4.69, 9.17) is 10.2 Å². The predicted octanol–water partition coefficient (Wildman–Crippen LogP) is 1.83. The van der Waals surface area contributed by atoms with Gasteiger partial charge in [-0.25, -0.2) is 9.59 Å². The molecule has 0 spiro atoms. The average molecular weight is 224 g/mol. The maximum absolute atomic E-state index is 10.7. The maximum Gasteiger partial charge on any atom is 0.342 e. The molecule has 0 unspecified atom stereocenters. The Morgan fingerprint density at radius 3 is 2.20 bits per heavy atom. The minimum atomic E-state index is -1.27. The van der Waals surface area contributed by atoms with Gasteiger partial charge in [-0.2, -0.15) is 0 Å². The topological polar surface area (TPSA) is 74.6 Å². The summed E-state index contributed by atoms with van der Waals surface area (Å²) in [6, 6.07) is 8.73. The van der Waals surface area contributed by atoms with E-state index in [1.54, 1.807) is 30.3 Å². The molecule has 78 valence electrons. The van der Waals surface area contributed by atoms with Gasteiger partial charge in [-0.05, 0) is 12.1 Å². The van der Waals surface area contributed by atoms with E-state index >= 15 is 0 Å². The number of hydrogen-bond acceptors (Lipinski definition) is 3. The molecule has 0 aliphatic rings. The van der Waals surface area contributed by atoms with Crippen molar-refractivity contribution in [2.24, 2.45) is 0 Å². The zero-order valence-corrected chi connectivity index (χ0v) is 8.40. The first-order valence-electron chi connectivity index (χ1n) is 4.00. The summed E-state index contributed by atoms with van der Waals surface area (Å²) in [6.45, 7) is 0. The van der Waals surface area contributed by atoms with E-state index in [0.29, 0.717) is 11.0 Å². The van der Waals surface area contributed by atoms with Crippen LogP contribution in [0.5, 0.6) is 0 Å². The molecule has 4 nitrogen and oxygen atoms in total. The first-order chi connectivity index (χ1) is 7.09. The Bertz CT molecular complexity index is 397. The van der Waals surface area contributed by atoms with E-state index in [9.17, 15) is 9.59 Å². The normalized spacial score (nSPS) is 11.1. The van der Waals surface area contributed by atoms with Gasteiger partial charge in [-0.3, -0.25) is 0 Å². The first kappa shape index (κ1) is 11.3. The molecule has 0 atom stereocenters. The van der Waals surface area contributed by atoms with E-state index in [2.05, 4.69) is 0 Å². The maximum atomic E-state index is 10.7. The second kappa shape index (κ2) is 5.21. The number of thioether (sulfide) groups is 1. The van der Waals surface area contributed by atoms with Gasteiger partial charge in [-0.15, -0.1) is 0 Å². The van der Waals surface area contributed by atoms with Gasteiger partial charge in [0.15, 0.2) is 0 Å². The van der Waals surface area contributed by atoms with Crippen LogP contribution in [0, 0.1) is 0 Å². The highest BCUT2D eigenvalue weighted by atomic mass is 32.2. The second-order valence-corrected chi connectivity index (χ2v) is 3.68. The predicted molar refractivity (Wildman–Crippen MR) is 55.7 cm³/mol. The molecule has 0 fully saturated rings. The third-order valence-corrected chi connectivity index (χ3v) is 2.46. The standard InChI is InChI=1S/C10H8O4S/c11-9(12)6-8(10(13)14)15-7-4-2-1-3-5-7/h1-6H,(H,11,12)(H,13,14)/b8-6+.